The van der Waals surface area contributed by atoms with Crippen molar-refractivity contribution in [2.75, 3.05) is 6.26 Å². The van der Waals surface area contributed by atoms with Crippen molar-refractivity contribution in [1.29, 1.82) is 0 Å². The number of hydrogen-bond donors (Lipinski definition) is 3. The lowest BCUT2D eigenvalue weighted by Crippen LogP contribution is -2.51. The smallest absolute Gasteiger partial charge is 0.264 e. The number of carbonyl (C=O) groups excluding carboxylic acids is 1. The molecule has 0 fully saturated rings. The van der Waals surface area contributed by atoms with Gasteiger partial charge in [0.1, 0.15) is 6.10 Å². The standard InChI is InChI=1S/C22H26N2O6S/c1-14-10-15(13-25)4-9-19(14)16-5-7-17(8-6-16)20-11-18(30-24-20)12-22(2,21(26)23-27)31(3,28)29/h4-10,18,25,27H,11-13H2,1-3H3,(H,23,26). The van der Waals surface area contributed by atoms with E-state index >= 15 is 0 Å². The molecule has 0 radical (unpaired) electrons. The van der Waals surface area contributed by atoms with Crippen molar-refractivity contribution >= 4 is 21.5 Å². The van der Waals surface area contributed by atoms with Crippen LogP contribution in [0, 0.1) is 6.92 Å². The molecule has 1 aliphatic heterocycles. The van der Waals surface area contributed by atoms with E-state index in [2.05, 4.69) is 5.16 Å². The summed E-state index contributed by atoms with van der Waals surface area (Å²) in [6, 6.07) is 13.6. The molecule has 1 amide bonds. The van der Waals surface area contributed by atoms with Gasteiger partial charge in [0.25, 0.3) is 5.91 Å². The molecule has 0 aromatic heterocycles. The van der Waals surface area contributed by atoms with Gasteiger partial charge in [-0.2, -0.15) is 0 Å². The topological polar surface area (TPSA) is 125 Å². The van der Waals surface area contributed by atoms with E-state index in [1.807, 2.05) is 49.4 Å². The van der Waals surface area contributed by atoms with Crippen molar-refractivity contribution in [3.05, 3.63) is 59.2 Å². The Kier molecular flexibility index (Phi) is 6.49. The number of sulfone groups is 1. The summed E-state index contributed by atoms with van der Waals surface area (Å²) < 4.78 is 22.5. The first kappa shape index (κ1) is 22.9. The quantitative estimate of drug-likeness (QED) is 0.443. The Morgan fingerprint density at radius 3 is 2.42 bits per heavy atom. The van der Waals surface area contributed by atoms with Crippen LogP contribution in [0.25, 0.3) is 11.1 Å². The summed E-state index contributed by atoms with van der Waals surface area (Å²) >= 11 is 0. The van der Waals surface area contributed by atoms with Crippen LogP contribution in [0.4, 0.5) is 0 Å². The Bertz CT molecular complexity index is 1110. The summed E-state index contributed by atoms with van der Waals surface area (Å²) in [4.78, 5) is 17.4. The number of carbonyl (C=O) groups is 1. The Labute approximate surface area is 181 Å². The van der Waals surface area contributed by atoms with E-state index in [0.717, 1.165) is 34.1 Å². The van der Waals surface area contributed by atoms with Crippen LogP contribution < -0.4 is 5.48 Å². The van der Waals surface area contributed by atoms with E-state index in [4.69, 9.17) is 10.0 Å². The van der Waals surface area contributed by atoms with Crippen LogP contribution in [0.2, 0.25) is 0 Å². The summed E-state index contributed by atoms with van der Waals surface area (Å²) in [5.41, 5.74) is 6.93. The highest BCUT2D eigenvalue weighted by atomic mass is 32.2. The molecule has 2 unspecified atom stereocenters. The highest BCUT2D eigenvalue weighted by Gasteiger charge is 2.47. The minimum Gasteiger partial charge on any atom is -0.392 e. The maximum atomic E-state index is 12.2. The highest BCUT2D eigenvalue weighted by molar-refractivity contribution is 7.92. The lowest BCUT2D eigenvalue weighted by atomic mass is 9.94. The molecular weight excluding hydrogens is 420 g/mol. The van der Waals surface area contributed by atoms with Crippen LogP contribution >= 0.6 is 0 Å². The van der Waals surface area contributed by atoms with Crippen LogP contribution in [0.5, 0.6) is 0 Å². The van der Waals surface area contributed by atoms with Gasteiger partial charge in [-0.25, -0.2) is 13.9 Å². The minimum atomic E-state index is -3.81. The molecule has 0 spiro atoms. The van der Waals surface area contributed by atoms with E-state index in [1.54, 1.807) is 0 Å². The molecule has 8 nitrogen and oxygen atoms in total. The second kappa shape index (κ2) is 8.78. The number of benzene rings is 2. The number of oxime groups is 1. The van der Waals surface area contributed by atoms with E-state index in [-0.39, 0.29) is 13.0 Å². The number of hydrogen-bond acceptors (Lipinski definition) is 7. The molecule has 3 N–H and O–H groups in total. The summed E-state index contributed by atoms with van der Waals surface area (Å²) in [6.07, 6.45) is 0.542. The van der Waals surface area contributed by atoms with Crippen molar-refractivity contribution in [3.63, 3.8) is 0 Å². The molecule has 0 aliphatic carbocycles. The zero-order valence-corrected chi connectivity index (χ0v) is 18.4. The lowest BCUT2D eigenvalue weighted by Gasteiger charge is -2.26. The fraction of sp³-hybridized carbons (Fsp3) is 0.364. The molecule has 0 saturated heterocycles. The number of nitrogens with zero attached hydrogens (tertiary/aromatic N) is 1. The first-order chi connectivity index (χ1) is 14.6. The molecule has 2 aromatic rings. The Balaban J connectivity index is 1.74. The molecule has 166 valence electrons. The zero-order chi connectivity index (χ0) is 22.8. The van der Waals surface area contributed by atoms with Crippen molar-refractivity contribution in [1.82, 2.24) is 5.48 Å². The van der Waals surface area contributed by atoms with Gasteiger partial charge in [-0.3, -0.25) is 10.0 Å². The zero-order valence-electron chi connectivity index (χ0n) is 17.6. The SMILES string of the molecule is Cc1cc(CO)ccc1-c1ccc(C2=NOC(CC(C)(C(=O)NO)S(C)(=O)=O)C2)cc1. The largest absolute Gasteiger partial charge is 0.392 e. The summed E-state index contributed by atoms with van der Waals surface area (Å²) in [5.74, 6) is -1.00. The van der Waals surface area contributed by atoms with Crippen molar-refractivity contribution in [2.24, 2.45) is 5.16 Å². The number of aliphatic hydroxyl groups is 1. The van der Waals surface area contributed by atoms with E-state index in [0.29, 0.717) is 12.1 Å². The van der Waals surface area contributed by atoms with Crippen LogP contribution in [-0.4, -0.2) is 47.5 Å². The first-order valence-corrected chi connectivity index (χ1v) is 11.7. The lowest BCUT2D eigenvalue weighted by molar-refractivity contribution is -0.132. The second-order valence-corrected chi connectivity index (χ2v) is 10.4. The van der Waals surface area contributed by atoms with Crippen molar-refractivity contribution < 1.29 is 28.4 Å². The molecule has 0 bridgehead atoms. The van der Waals surface area contributed by atoms with Gasteiger partial charge in [0, 0.05) is 19.1 Å². The first-order valence-electron chi connectivity index (χ1n) is 9.77. The second-order valence-electron chi connectivity index (χ2n) is 8.00. The maximum Gasteiger partial charge on any atom is 0.264 e. The van der Waals surface area contributed by atoms with Gasteiger partial charge in [-0.05, 0) is 41.7 Å². The summed E-state index contributed by atoms with van der Waals surface area (Å²) in [7, 11) is -3.81. The van der Waals surface area contributed by atoms with Gasteiger partial charge in [0.15, 0.2) is 14.6 Å². The number of hydroxylamine groups is 1. The maximum absolute atomic E-state index is 12.2. The van der Waals surface area contributed by atoms with Crippen molar-refractivity contribution in [2.45, 2.75) is 44.1 Å². The van der Waals surface area contributed by atoms with Gasteiger partial charge < -0.3 is 9.94 Å². The molecule has 3 rings (SSSR count). The number of amides is 1. The fourth-order valence-electron chi connectivity index (χ4n) is 3.66. The fourth-order valence-corrected chi connectivity index (χ4v) is 4.53. The molecule has 2 aromatic carbocycles. The third-order valence-electron chi connectivity index (χ3n) is 5.75. The summed E-state index contributed by atoms with van der Waals surface area (Å²) in [5, 5.41) is 22.3. The van der Waals surface area contributed by atoms with Gasteiger partial charge >= 0.3 is 0 Å². The van der Waals surface area contributed by atoms with E-state index in [1.165, 1.54) is 12.4 Å². The number of nitrogens with one attached hydrogen (secondary N) is 1. The van der Waals surface area contributed by atoms with E-state index < -0.39 is 26.6 Å². The van der Waals surface area contributed by atoms with Crippen molar-refractivity contribution in [3.8, 4) is 11.1 Å². The van der Waals surface area contributed by atoms with Gasteiger partial charge in [0.05, 0.1) is 12.3 Å². The predicted octanol–water partition coefficient (Wildman–Crippen LogP) is 2.35. The van der Waals surface area contributed by atoms with Crippen LogP contribution in [0.15, 0.2) is 47.6 Å². The molecule has 1 heterocycles. The van der Waals surface area contributed by atoms with Crippen LogP contribution in [0.1, 0.15) is 36.5 Å². The minimum absolute atomic E-state index is 0.000605. The molecule has 1 aliphatic rings. The van der Waals surface area contributed by atoms with Crippen LogP contribution in [0.3, 0.4) is 0 Å². The number of rotatable bonds is 7. The average molecular weight is 447 g/mol. The van der Waals surface area contributed by atoms with Gasteiger partial charge in [-0.1, -0.05) is 47.6 Å². The average Bonchev–Trinajstić information content (AvgIpc) is 3.20. The molecule has 31 heavy (non-hydrogen) atoms. The van der Waals surface area contributed by atoms with E-state index in [9.17, 15) is 18.3 Å². The number of aryl methyl sites for hydroxylation is 1. The Hall–Kier alpha value is -2.75. The normalized spacial score (nSPS) is 18.1. The van der Waals surface area contributed by atoms with Gasteiger partial charge in [0.2, 0.25) is 0 Å². The molecule has 2 atom stereocenters. The molecule has 9 heteroatoms. The predicted molar refractivity (Wildman–Crippen MR) is 116 cm³/mol. The third-order valence-corrected chi connectivity index (χ3v) is 7.74. The highest BCUT2D eigenvalue weighted by Crippen LogP contribution is 2.30. The molecule has 0 saturated carbocycles. The number of aliphatic hydroxyl groups excluding tert-OH is 1. The molecular formula is C22H26N2O6S. The monoisotopic (exact) mass is 446 g/mol. The Morgan fingerprint density at radius 2 is 1.87 bits per heavy atom. The van der Waals surface area contributed by atoms with Crippen LogP contribution in [-0.2, 0) is 26.1 Å². The van der Waals surface area contributed by atoms with Gasteiger partial charge in [-0.15, -0.1) is 0 Å². The summed E-state index contributed by atoms with van der Waals surface area (Å²) in [6.45, 7) is 3.25. The Morgan fingerprint density at radius 1 is 1.23 bits per heavy atom. The third kappa shape index (κ3) is 4.63.